The third-order valence-electron chi connectivity index (χ3n) is 6.14. The number of anilines is 1. The summed E-state index contributed by atoms with van der Waals surface area (Å²) < 4.78 is 0. The molecule has 3 N–H and O–H groups in total. The van der Waals surface area contributed by atoms with Gasteiger partial charge in [0.25, 0.3) is 5.91 Å². The van der Waals surface area contributed by atoms with Gasteiger partial charge in [0.15, 0.2) is 0 Å². The number of nitrogens with one attached hydrogen (secondary N) is 3. The molecule has 3 aliphatic heterocycles. The van der Waals surface area contributed by atoms with E-state index in [1.807, 2.05) is 24.3 Å². The quantitative estimate of drug-likeness (QED) is 0.624. The number of carbonyl (C=O) groups excluding carboxylic acids is 3. The topological polar surface area (TPSA) is 116 Å². The first kappa shape index (κ1) is 19.6. The molecule has 3 amide bonds. The molecule has 9 nitrogen and oxygen atoms in total. The monoisotopic (exact) mass is 420 g/mol. The summed E-state index contributed by atoms with van der Waals surface area (Å²) in [6.45, 7) is 1.79. The first-order valence-corrected chi connectivity index (χ1v) is 10.7. The normalized spacial score (nSPS) is 23.1. The van der Waals surface area contributed by atoms with E-state index in [0.29, 0.717) is 30.9 Å². The van der Waals surface area contributed by atoms with Crippen LogP contribution in [0, 0.1) is 0 Å². The molecule has 0 aliphatic carbocycles. The van der Waals surface area contributed by atoms with Gasteiger partial charge >= 0.3 is 0 Å². The van der Waals surface area contributed by atoms with Crippen molar-refractivity contribution in [2.75, 3.05) is 11.9 Å². The smallest absolute Gasteiger partial charge is 0.255 e. The van der Waals surface area contributed by atoms with Crippen LogP contribution in [0.4, 0.5) is 5.82 Å². The molecule has 1 aromatic carbocycles. The molecule has 2 fully saturated rings. The highest BCUT2D eigenvalue weighted by Gasteiger charge is 2.39. The van der Waals surface area contributed by atoms with E-state index in [1.54, 1.807) is 11.1 Å². The Morgan fingerprint density at radius 2 is 2.06 bits per heavy atom. The van der Waals surface area contributed by atoms with Crippen molar-refractivity contribution in [1.29, 1.82) is 0 Å². The molecule has 0 bridgehead atoms. The zero-order chi connectivity index (χ0) is 21.4. The van der Waals surface area contributed by atoms with Crippen molar-refractivity contribution in [3.05, 3.63) is 53.0 Å². The Hall–Kier alpha value is -3.33. The number of rotatable bonds is 5. The van der Waals surface area contributed by atoms with Crippen LogP contribution >= 0.6 is 0 Å². The van der Waals surface area contributed by atoms with E-state index >= 15 is 0 Å². The SMILES string of the molecule is O=C1CCC(N2Cc3cccc(CNc4ccnc(C5CCCN5)n4)c3C2=O)C(=O)N1. The number of hydrogen-bond donors (Lipinski definition) is 3. The lowest BCUT2D eigenvalue weighted by atomic mass is 10.0. The summed E-state index contributed by atoms with van der Waals surface area (Å²) in [4.78, 5) is 47.5. The number of piperidine rings is 1. The highest BCUT2D eigenvalue weighted by Crippen LogP contribution is 2.30. The zero-order valence-corrected chi connectivity index (χ0v) is 17.1. The van der Waals surface area contributed by atoms with Crippen LogP contribution in [0.25, 0.3) is 0 Å². The molecule has 4 heterocycles. The Morgan fingerprint density at radius 3 is 2.87 bits per heavy atom. The van der Waals surface area contributed by atoms with Crippen LogP contribution in [0.1, 0.15) is 59.0 Å². The number of aromatic nitrogens is 2. The average molecular weight is 420 g/mol. The molecule has 2 unspecified atom stereocenters. The van der Waals surface area contributed by atoms with Gasteiger partial charge in [-0.25, -0.2) is 9.97 Å². The molecule has 3 aliphatic rings. The maximum atomic E-state index is 13.2. The van der Waals surface area contributed by atoms with Crippen molar-refractivity contribution in [3.63, 3.8) is 0 Å². The van der Waals surface area contributed by atoms with Crippen LogP contribution in [0.3, 0.4) is 0 Å². The Balaban J connectivity index is 1.32. The van der Waals surface area contributed by atoms with Crippen molar-refractivity contribution in [1.82, 2.24) is 25.5 Å². The Bertz CT molecular complexity index is 1050. The molecule has 0 spiro atoms. The predicted octanol–water partition coefficient (Wildman–Crippen LogP) is 1.27. The van der Waals surface area contributed by atoms with Gasteiger partial charge in [-0.3, -0.25) is 19.7 Å². The first-order chi connectivity index (χ1) is 15.1. The highest BCUT2D eigenvalue weighted by atomic mass is 16.2. The molecule has 2 aromatic rings. The fourth-order valence-electron chi connectivity index (χ4n) is 4.57. The molecule has 2 atom stereocenters. The first-order valence-electron chi connectivity index (χ1n) is 10.7. The summed E-state index contributed by atoms with van der Waals surface area (Å²) in [6.07, 6.45) is 4.50. The van der Waals surface area contributed by atoms with Crippen molar-refractivity contribution < 1.29 is 14.4 Å². The third kappa shape index (κ3) is 3.76. The molecular weight excluding hydrogens is 396 g/mol. The van der Waals surface area contributed by atoms with Gasteiger partial charge in [-0.05, 0) is 43.0 Å². The minimum absolute atomic E-state index is 0.166. The number of carbonyl (C=O) groups is 3. The Kier molecular flexibility index (Phi) is 5.11. The largest absolute Gasteiger partial charge is 0.366 e. The van der Waals surface area contributed by atoms with Crippen LogP contribution < -0.4 is 16.0 Å². The fraction of sp³-hybridized carbons (Fsp3) is 0.409. The molecule has 0 saturated carbocycles. The standard InChI is InChI=1S/C22H24N6O3/c29-18-7-6-16(21(30)27-18)28-12-14-4-1-3-13(19(14)22(28)31)11-25-17-8-10-24-20(26-17)15-5-2-9-23-15/h1,3-4,8,10,15-16,23H,2,5-7,9,11-12H2,(H,24,25,26)(H,27,29,30). The number of nitrogens with zero attached hydrogens (tertiary/aromatic N) is 3. The van der Waals surface area contributed by atoms with E-state index in [0.717, 1.165) is 36.3 Å². The van der Waals surface area contributed by atoms with Crippen LogP contribution in [0.15, 0.2) is 30.5 Å². The molecule has 1 aromatic heterocycles. The van der Waals surface area contributed by atoms with Crippen LogP contribution in [-0.4, -0.2) is 45.2 Å². The maximum absolute atomic E-state index is 13.2. The lowest BCUT2D eigenvalue weighted by Gasteiger charge is -2.29. The van der Waals surface area contributed by atoms with Crippen molar-refractivity contribution in [3.8, 4) is 0 Å². The summed E-state index contributed by atoms with van der Waals surface area (Å²) in [6, 6.07) is 7.15. The second-order valence-corrected chi connectivity index (χ2v) is 8.15. The minimum atomic E-state index is -0.609. The molecular formula is C22H24N6O3. The lowest BCUT2D eigenvalue weighted by molar-refractivity contribution is -0.136. The molecule has 160 valence electrons. The van der Waals surface area contributed by atoms with Crippen molar-refractivity contribution in [2.45, 2.75) is 50.9 Å². The van der Waals surface area contributed by atoms with Gasteiger partial charge in [-0.2, -0.15) is 0 Å². The maximum Gasteiger partial charge on any atom is 0.255 e. The van der Waals surface area contributed by atoms with E-state index in [4.69, 9.17) is 0 Å². The minimum Gasteiger partial charge on any atom is -0.366 e. The summed E-state index contributed by atoms with van der Waals surface area (Å²) in [7, 11) is 0. The summed E-state index contributed by atoms with van der Waals surface area (Å²) >= 11 is 0. The Morgan fingerprint density at radius 1 is 1.16 bits per heavy atom. The third-order valence-corrected chi connectivity index (χ3v) is 6.14. The zero-order valence-electron chi connectivity index (χ0n) is 17.1. The van der Waals surface area contributed by atoms with E-state index in [2.05, 4.69) is 25.9 Å². The second kappa shape index (κ2) is 8.07. The van der Waals surface area contributed by atoms with Gasteiger partial charge in [0.2, 0.25) is 11.8 Å². The summed E-state index contributed by atoms with van der Waals surface area (Å²) in [5, 5.41) is 9.05. The van der Waals surface area contributed by atoms with E-state index in [9.17, 15) is 14.4 Å². The van der Waals surface area contributed by atoms with Gasteiger partial charge < -0.3 is 15.5 Å². The van der Waals surface area contributed by atoms with E-state index in [-0.39, 0.29) is 24.3 Å². The van der Waals surface area contributed by atoms with Crippen LogP contribution in [0.2, 0.25) is 0 Å². The van der Waals surface area contributed by atoms with Crippen molar-refractivity contribution in [2.24, 2.45) is 0 Å². The van der Waals surface area contributed by atoms with Crippen LogP contribution in [0.5, 0.6) is 0 Å². The summed E-state index contributed by atoms with van der Waals surface area (Å²) in [5.41, 5.74) is 2.38. The number of imide groups is 1. The fourth-order valence-corrected chi connectivity index (χ4v) is 4.57. The van der Waals surface area contributed by atoms with Gasteiger partial charge in [0.05, 0.1) is 6.04 Å². The predicted molar refractivity (Wildman–Crippen MR) is 112 cm³/mol. The number of amides is 3. The summed E-state index contributed by atoms with van der Waals surface area (Å²) in [5.74, 6) is 0.642. The highest BCUT2D eigenvalue weighted by molar-refractivity contribution is 6.06. The second-order valence-electron chi connectivity index (χ2n) is 8.15. The molecule has 5 rings (SSSR count). The molecule has 0 radical (unpaired) electrons. The number of benzene rings is 1. The molecule has 2 saturated heterocycles. The number of hydrogen-bond acceptors (Lipinski definition) is 7. The lowest BCUT2D eigenvalue weighted by Crippen LogP contribution is -2.52. The van der Waals surface area contributed by atoms with Crippen LogP contribution in [-0.2, 0) is 22.7 Å². The van der Waals surface area contributed by atoms with E-state index < -0.39 is 11.9 Å². The average Bonchev–Trinajstić information content (AvgIpc) is 3.42. The van der Waals surface area contributed by atoms with Gasteiger partial charge in [-0.1, -0.05) is 18.2 Å². The van der Waals surface area contributed by atoms with Crippen molar-refractivity contribution >= 4 is 23.5 Å². The van der Waals surface area contributed by atoms with Gasteiger partial charge in [-0.15, -0.1) is 0 Å². The molecule has 31 heavy (non-hydrogen) atoms. The molecule has 9 heteroatoms. The van der Waals surface area contributed by atoms with Gasteiger partial charge in [0, 0.05) is 31.3 Å². The number of fused-ring (bicyclic) bond motifs is 1. The van der Waals surface area contributed by atoms with Gasteiger partial charge in [0.1, 0.15) is 17.7 Å². The Labute approximate surface area is 179 Å². The van der Waals surface area contributed by atoms with E-state index in [1.165, 1.54) is 0 Å².